The van der Waals surface area contributed by atoms with Gasteiger partial charge in [0, 0.05) is 6.07 Å². The maximum atomic E-state index is 11.0. The Labute approximate surface area is 105 Å². The highest BCUT2D eigenvalue weighted by molar-refractivity contribution is 5.91. The lowest BCUT2D eigenvalue weighted by Gasteiger charge is -2.25. The lowest BCUT2D eigenvalue weighted by Crippen LogP contribution is -2.27. The second kappa shape index (κ2) is 5.27. The van der Waals surface area contributed by atoms with E-state index in [1.165, 1.54) is 19.2 Å². The fourth-order valence-corrected chi connectivity index (χ4v) is 2.39. The van der Waals surface area contributed by atoms with Gasteiger partial charge in [-0.1, -0.05) is 0 Å². The van der Waals surface area contributed by atoms with E-state index in [-0.39, 0.29) is 17.2 Å². The minimum Gasteiger partial charge on any atom is -0.507 e. The van der Waals surface area contributed by atoms with E-state index in [1.54, 1.807) is 0 Å². The molecule has 0 aromatic heterocycles. The number of aromatic hydroxyl groups is 1. The van der Waals surface area contributed by atoms with Crippen LogP contribution in [0.2, 0.25) is 0 Å². The number of piperidine rings is 1. The molecule has 0 unspecified atom stereocenters. The molecule has 1 aliphatic heterocycles. The Morgan fingerprint density at radius 2 is 2.06 bits per heavy atom. The number of carboxylic acid groups (broad SMARTS) is 1. The van der Waals surface area contributed by atoms with Crippen molar-refractivity contribution in [2.45, 2.75) is 18.8 Å². The number of carbonyl (C=O) groups is 1. The van der Waals surface area contributed by atoms with Crippen LogP contribution in [0.3, 0.4) is 0 Å². The summed E-state index contributed by atoms with van der Waals surface area (Å²) in [6.45, 7) is 1.83. The Kier molecular flexibility index (Phi) is 3.72. The first-order chi connectivity index (χ1) is 8.63. The number of rotatable bonds is 3. The van der Waals surface area contributed by atoms with Gasteiger partial charge in [0.25, 0.3) is 0 Å². The molecule has 0 atom stereocenters. The van der Waals surface area contributed by atoms with E-state index >= 15 is 0 Å². The minimum absolute atomic E-state index is 0.0654. The molecule has 1 aromatic carbocycles. The molecule has 0 amide bonds. The van der Waals surface area contributed by atoms with E-state index in [0.717, 1.165) is 31.5 Å². The first-order valence-corrected chi connectivity index (χ1v) is 5.98. The summed E-state index contributed by atoms with van der Waals surface area (Å²) in [5, 5.41) is 21.9. The summed E-state index contributed by atoms with van der Waals surface area (Å²) >= 11 is 0. The molecule has 1 aliphatic rings. The van der Waals surface area contributed by atoms with Gasteiger partial charge in [-0.3, -0.25) is 0 Å². The van der Waals surface area contributed by atoms with Crippen molar-refractivity contribution in [3.05, 3.63) is 23.3 Å². The fraction of sp³-hybridized carbons (Fsp3) is 0.462. The summed E-state index contributed by atoms with van der Waals surface area (Å²) in [4.78, 5) is 11.0. The number of ether oxygens (including phenoxy) is 1. The lowest BCUT2D eigenvalue weighted by atomic mass is 9.88. The van der Waals surface area contributed by atoms with Crippen molar-refractivity contribution in [3.8, 4) is 11.5 Å². The van der Waals surface area contributed by atoms with Crippen LogP contribution in [0.5, 0.6) is 11.5 Å². The van der Waals surface area contributed by atoms with E-state index in [2.05, 4.69) is 5.32 Å². The van der Waals surface area contributed by atoms with Gasteiger partial charge in [0.15, 0.2) is 0 Å². The number of hydrogen-bond acceptors (Lipinski definition) is 4. The van der Waals surface area contributed by atoms with E-state index in [9.17, 15) is 9.90 Å². The number of carboxylic acids is 1. The summed E-state index contributed by atoms with van der Waals surface area (Å²) in [7, 11) is 1.53. The van der Waals surface area contributed by atoms with Crippen molar-refractivity contribution >= 4 is 5.97 Å². The lowest BCUT2D eigenvalue weighted by molar-refractivity contribution is 0.0693. The van der Waals surface area contributed by atoms with Crippen molar-refractivity contribution in [3.63, 3.8) is 0 Å². The van der Waals surface area contributed by atoms with Gasteiger partial charge in [0.1, 0.15) is 17.1 Å². The molecule has 0 bridgehead atoms. The Morgan fingerprint density at radius 3 is 2.61 bits per heavy atom. The summed E-state index contributed by atoms with van der Waals surface area (Å²) in [6, 6.07) is 2.92. The molecule has 1 fully saturated rings. The van der Waals surface area contributed by atoms with Crippen LogP contribution in [0.1, 0.15) is 34.7 Å². The third kappa shape index (κ3) is 2.41. The monoisotopic (exact) mass is 251 g/mol. The standard InChI is InChI=1S/C13H17NO4/c1-18-12-7-11(15)10(13(16)17)6-9(12)8-2-4-14-5-3-8/h6-8,14-15H,2-5H2,1H3,(H,16,17). The van der Waals surface area contributed by atoms with E-state index in [4.69, 9.17) is 9.84 Å². The van der Waals surface area contributed by atoms with Crippen LogP contribution in [0.25, 0.3) is 0 Å². The van der Waals surface area contributed by atoms with Crippen LogP contribution in [0, 0.1) is 0 Å². The van der Waals surface area contributed by atoms with Crippen molar-refractivity contribution in [2.75, 3.05) is 20.2 Å². The van der Waals surface area contributed by atoms with Gasteiger partial charge in [-0.15, -0.1) is 0 Å². The first-order valence-electron chi connectivity index (χ1n) is 5.98. The quantitative estimate of drug-likeness (QED) is 0.760. The molecule has 5 nitrogen and oxygen atoms in total. The van der Waals surface area contributed by atoms with E-state index in [0.29, 0.717) is 5.75 Å². The third-order valence-electron chi connectivity index (χ3n) is 3.36. The van der Waals surface area contributed by atoms with Crippen LogP contribution in [-0.2, 0) is 0 Å². The molecule has 98 valence electrons. The Morgan fingerprint density at radius 1 is 1.39 bits per heavy atom. The fourth-order valence-electron chi connectivity index (χ4n) is 2.39. The molecular weight excluding hydrogens is 234 g/mol. The van der Waals surface area contributed by atoms with E-state index in [1.807, 2.05) is 0 Å². The van der Waals surface area contributed by atoms with Gasteiger partial charge in [-0.2, -0.15) is 0 Å². The molecule has 0 radical (unpaired) electrons. The Bertz CT molecular complexity index is 453. The predicted octanol–water partition coefficient (Wildman–Crippen LogP) is 1.57. The molecular formula is C13H17NO4. The van der Waals surface area contributed by atoms with Gasteiger partial charge >= 0.3 is 5.97 Å². The van der Waals surface area contributed by atoms with Crippen LogP contribution in [0.15, 0.2) is 12.1 Å². The van der Waals surface area contributed by atoms with Gasteiger partial charge in [0.2, 0.25) is 0 Å². The number of benzene rings is 1. The molecule has 2 rings (SSSR count). The molecule has 18 heavy (non-hydrogen) atoms. The summed E-state index contributed by atoms with van der Waals surface area (Å²) in [6.07, 6.45) is 1.89. The third-order valence-corrected chi connectivity index (χ3v) is 3.36. The molecule has 1 saturated heterocycles. The second-order valence-corrected chi connectivity index (χ2v) is 4.44. The van der Waals surface area contributed by atoms with Crippen LogP contribution in [0.4, 0.5) is 0 Å². The Hall–Kier alpha value is -1.75. The largest absolute Gasteiger partial charge is 0.507 e. The summed E-state index contributed by atoms with van der Waals surface area (Å²) < 4.78 is 5.24. The Balaban J connectivity index is 2.42. The SMILES string of the molecule is COc1cc(O)c(C(=O)O)cc1C1CCNCC1. The maximum Gasteiger partial charge on any atom is 0.339 e. The molecule has 3 N–H and O–H groups in total. The average Bonchev–Trinajstić information content (AvgIpc) is 2.39. The molecule has 5 heteroatoms. The van der Waals surface area contributed by atoms with Gasteiger partial charge in [-0.05, 0) is 43.5 Å². The zero-order chi connectivity index (χ0) is 13.1. The molecule has 0 saturated carbocycles. The average molecular weight is 251 g/mol. The van der Waals surface area contributed by atoms with E-state index < -0.39 is 5.97 Å². The zero-order valence-corrected chi connectivity index (χ0v) is 10.3. The van der Waals surface area contributed by atoms with Crippen molar-refractivity contribution in [1.82, 2.24) is 5.32 Å². The van der Waals surface area contributed by atoms with Crippen molar-refractivity contribution < 1.29 is 19.7 Å². The van der Waals surface area contributed by atoms with Crippen LogP contribution in [-0.4, -0.2) is 36.4 Å². The number of nitrogens with one attached hydrogen (secondary N) is 1. The normalized spacial score (nSPS) is 16.5. The smallest absolute Gasteiger partial charge is 0.339 e. The number of phenols is 1. The predicted molar refractivity (Wildman–Crippen MR) is 66.5 cm³/mol. The number of hydrogen-bond donors (Lipinski definition) is 3. The van der Waals surface area contributed by atoms with Gasteiger partial charge in [-0.25, -0.2) is 4.79 Å². The highest BCUT2D eigenvalue weighted by Gasteiger charge is 2.22. The first kappa shape index (κ1) is 12.7. The van der Waals surface area contributed by atoms with Crippen LogP contribution >= 0.6 is 0 Å². The number of methoxy groups -OCH3 is 1. The summed E-state index contributed by atoms with van der Waals surface area (Å²) in [5.74, 6) is -0.535. The molecule has 0 aliphatic carbocycles. The molecule has 1 aromatic rings. The molecule has 1 heterocycles. The molecule has 0 spiro atoms. The second-order valence-electron chi connectivity index (χ2n) is 4.44. The topological polar surface area (TPSA) is 78.8 Å². The minimum atomic E-state index is -1.12. The highest BCUT2D eigenvalue weighted by Crippen LogP contribution is 2.36. The highest BCUT2D eigenvalue weighted by atomic mass is 16.5. The van der Waals surface area contributed by atoms with Gasteiger partial charge in [0.05, 0.1) is 7.11 Å². The zero-order valence-electron chi connectivity index (χ0n) is 10.3. The van der Waals surface area contributed by atoms with Crippen molar-refractivity contribution in [1.29, 1.82) is 0 Å². The van der Waals surface area contributed by atoms with Crippen molar-refractivity contribution in [2.24, 2.45) is 0 Å². The van der Waals surface area contributed by atoms with Crippen LogP contribution < -0.4 is 10.1 Å². The number of aromatic carboxylic acids is 1. The summed E-state index contributed by atoms with van der Waals surface area (Å²) in [5.41, 5.74) is 0.804. The van der Waals surface area contributed by atoms with Gasteiger partial charge < -0.3 is 20.3 Å². The maximum absolute atomic E-state index is 11.0.